The second kappa shape index (κ2) is 14.8. The molecule has 0 N–H and O–H groups in total. The molecule has 0 aliphatic rings. The van der Waals surface area contributed by atoms with E-state index >= 15 is 0 Å². The number of rotatable bonds is 17. The zero-order chi connectivity index (χ0) is 18.3. The third-order valence-corrected chi connectivity index (χ3v) is 23.0. The van der Waals surface area contributed by atoms with E-state index in [2.05, 4.69) is 58.7 Å². The van der Waals surface area contributed by atoms with Gasteiger partial charge in [0.15, 0.2) is 0 Å². The molecule has 0 aromatic rings. The molecular formula is C20H44Br2P2. The Kier molecular flexibility index (Phi) is 16.0. The van der Waals surface area contributed by atoms with Crippen LogP contribution in [0.15, 0.2) is 0 Å². The van der Waals surface area contributed by atoms with Gasteiger partial charge in [0.1, 0.15) is 0 Å². The van der Waals surface area contributed by atoms with Crippen LogP contribution in [0.25, 0.3) is 0 Å². The molecule has 2 atom stereocenters. The van der Waals surface area contributed by atoms with Crippen molar-refractivity contribution < 1.29 is 0 Å². The van der Waals surface area contributed by atoms with Gasteiger partial charge in [0.2, 0.25) is 0 Å². The van der Waals surface area contributed by atoms with Crippen molar-refractivity contribution >= 4 is 43.6 Å². The molecule has 0 aromatic carbocycles. The Morgan fingerprint density at radius 1 is 0.667 bits per heavy atom. The minimum absolute atomic E-state index is 0.919. The first-order chi connectivity index (χ1) is 11.5. The van der Waals surface area contributed by atoms with E-state index < -0.39 is 5.31 Å². The van der Waals surface area contributed by atoms with E-state index in [1.165, 1.54) is 95.5 Å². The first-order valence-electron chi connectivity index (χ1n) is 10.6. The van der Waals surface area contributed by atoms with E-state index in [1.54, 1.807) is 0 Å². The summed E-state index contributed by atoms with van der Waals surface area (Å²) in [5.74, 6) is 0. The monoisotopic (exact) mass is 504 g/mol. The van der Waals surface area contributed by atoms with Crippen molar-refractivity contribution in [2.75, 3.05) is 18.5 Å². The van der Waals surface area contributed by atoms with Crippen LogP contribution in [0, 0.1) is 0 Å². The van der Waals surface area contributed by atoms with Crippen molar-refractivity contribution in [1.82, 2.24) is 0 Å². The van der Waals surface area contributed by atoms with Crippen LogP contribution < -0.4 is 0 Å². The van der Waals surface area contributed by atoms with Crippen molar-refractivity contribution in [3.8, 4) is 0 Å². The van der Waals surface area contributed by atoms with Crippen molar-refractivity contribution in [2.45, 2.75) is 110 Å². The molecule has 0 aromatic heterocycles. The van der Waals surface area contributed by atoms with Gasteiger partial charge in [-0.25, -0.2) is 0 Å². The molecule has 0 aliphatic carbocycles. The Morgan fingerprint density at radius 3 is 1.46 bits per heavy atom. The van der Waals surface area contributed by atoms with Gasteiger partial charge in [-0.3, -0.25) is 0 Å². The summed E-state index contributed by atoms with van der Waals surface area (Å²) in [6.07, 6.45) is 21.3. The van der Waals surface area contributed by atoms with E-state index in [0.29, 0.717) is 0 Å². The Labute approximate surface area is 171 Å². The third kappa shape index (κ3) is 9.15. The van der Waals surface area contributed by atoms with Crippen LogP contribution in [-0.4, -0.2) is 23.9 Å². The first-order valence-corrected chi connectivity index (χ1v) is 18.8. The number of hydrogen-bond donors (Lipinski definition) is 0. The van der Waals surface area contributed by atoms with Gasteiger partial charge in [-0.2, -0.15) is 0 Å². The summed E-state index contributed by atoms with van der Waals surface area (Å²) < 4.78 is 0. The van der Waals surface area contributed by atoms with E-state index in [0.717, 1.165) is 12.7 Å². The molecule has 0 amide bonds. The molecular weight excluding hydrogens is 462 g/mol. The van der Waals surface area contributed by atoms with Gasteiger partial charge in [-0.1, -0.05) is 0 Å². The molecule has 0 heterocycles. The summed E-state index contributed by atoms with van der Waals surface area (Å²) in [7, 11) is 0.941. The molecule has 24 heavy (non-hydrogen) atoms. The first kappa shape index (κ1) is 25.8. The van der Waals surface area contributed by atoms with Crippen LogP contribution in [0.2, 0.25) is 0 Å². The van der Waals surface area contributed by atoms with Gasteiger partial charge in [0.25, 0.3) is 0 Å². The molecule has 0 saturated heterocycles. The fraction of sp³-hybridized carbons (Fsp3) is 1.00. The molecule has 0 rings (SSSR count). The predicted molar refractivity (Wildman–Crippen MR) is 130 cm³/mol. The number of unbranched alkanes of at least 4 members (excludes halogenated alkanes) is 7. The van der Waals surface area contributed by atoms with Crippen LogP contribution >= 0.6 is 43.6 Å². The fourth-order valence-corrected chi connectivity index (χ4v) is 23.7. The predicted octanol–water partition coefficient (Wildman–Crippen LogP) is 9.92. The van der Waals surface area contributed by atoms with Gasteiger partial charge in [-0.05, 0) is 0 Å². The van der Waals surface area contributed by atoms with Gasteiger partial charge >= 0.3 is 172 Å². The Balaban J connectivity index is 5.15. The molecule has 0 aliphatic heterocycles. The number of hydrogen-bond acceptors (Lipinski definition) is 0. The average Bonchev–Trinajstić information content (AvgIpc) is 2.60. The van der Waals surface area contributed by atoms with Crippen LogP contribution in [0.3, 0.4) is 0 Å². The number of halogens is 2. The molecule has 2 unspecified atom stereocenters. The van der Waals surface area contributed by atoms with E-state index in [9.17, 15) is 0 Å². The van der Waals surface area contributed by atoms with E-state index in [-0.39, 0.29) is 0 Å². The summed E-state index contributed by atoms with van der Waals surface area (Å²) in [5, 5.41) is -0.854. The maximum atomic E-state index is 4.61. The van der Waals surface area contributed by atoms with Crippen molar-refractivity contribution in [3.63, 3.8) is 0 Å². The summed E-state index contributed by atoms with van der Waals surface area (Å²) in [6.45, 7) is 9.41. The Hall–Kier alpha value is 1.82. The van der Waals surface area contributed by atoms with Gasteiger partial charge < -0.3 is 0 Å². The SMILES string of the molecule is CCCCCCCC(PBr)P(Br)(CCCC)(CCCC)CCCC. The minimum atomic E-state index is -1.77. The summed E-state index contributed by atoms with van der Waals surface area (Å²) in [4.78, 5) is 0. The maximum absolute atomic E-state index is 4.61. The summed E-state index contributed by atoms with van der Waals surface area (Å²) in [6, 6.07) is 0. The molecule has 4 heteroatoms. The van der Waals surface area contributed by atoms with Gasteiger partial charge in [-0.15, -0.1) is 0 Å². The average molecular weight is 506 g/mol. The second-order valence-electron chi connectivity index (χ2n) is 7.73. The molecule has 0 saturated carbocycles. The van der Waals surface area contributed by atoms with Crippen LogP contribution in [0.4, 0.5) is 0 Å². The van der Waals surface area contributed by atoms with Crippen LogP contribution in [0.1, 0.15) is 105 Å². The Morgan fingerprint density at radius 2 is 1.08 bits per heavy atom. The van der Waals surface area contributed by atoms with E-state index in [1.807, 2.05) is 0 Å². The van der Waals surface area contributed by atoms with Gasteiger partial charge in [0, 0.05) is 0 Å². The Bertz CT molecular complexity index is 273. The van der Waals surface area contributed by atoms with Gasteiger partial charge in [0.05, 0.1) is 0 Å². The zero-order valence-corrected chi connectivity index (χ0v) is 22.0. The summed E-state index contributed by atoms with van der Waals surface area (Å²) >= 11 is 8.59. The standard InChI is InChI=1S/C20H44Br2P2/c1-5-9-13-14-15-16-20(23-21)24(22,17-10-6-2,18-11-7-3)19-12-8-4/h20,23H,5-19H2,1-4H3. The molecule has 0 fully saturated rings. The van der Waals surface area contributed by atoms with Crippen molar-refractivity contribution in [1.29, 1.82) is 0 Å². The normalized spacial score (nSPS) is 15.7. The summed E-state index contributed by atoms with van der Waals surface area (Å²) in [5.41, 5.74) is 0. The molecule has 0 bridgehead atoms. The quantitative estimate of drug-likeness (QED) is 0.136. The van der Waals surface area contributed by atoms with Crippen LogP contribution in [0.5, 0.6) is 0 Å². The molecule has 0 radical (unpaired) electrons. The third-order valence-electron chi connectivity index (χ3n) is 5.61. The zero-order valence-electron chi connectivity index (χ0n) is 16.9. The van der Waals surface area contributed by atoms with Crippen molar-refractivity contribution in [2.24, 2.45) is 0 Å². The topological polar surface area (TPSA) is 0 Å². The molecule has 0 nitrogen and oxygen atoms in total. The molecule has 148 valence electrons. The molecule has 0 spiro atoms. The van der Waals surface area contributed by atoms with Crippen molar-refractivity contribution in [3.05, 3.63) is 0 Å². The second-order valence-corrected chi connectivity index (χ2v) is 21.6. The van der Waals surface area contributed by atoms with Crippen LogP contribution in [-0.2, 0) is 0 Å². The van der Waals surface area contributed by atoms with E-state index in [4.69, 9.17) is 0 Å². The fourth-order valence-electron chi connectivity index (χ4n) is 3.84.